The van der Waals surface area contributed by atoms with Crippen molar-refractivity contribution in [2.45, 2.75) is 17.7 Å². The number of anilines is 1. The molecule has 1 aliphatic rings. The maximum absolute atomic E-state index is 12.3. The van der Waals surface area contributed by atoms with E-state index >= 15 is 0 Å². The van der Waals surface area contributed by atoms with Crippen LogP contribution in [0, 0.1) is 5.92 Å². The van der Waals surface area contributed by atoms with Crippen molar-refractivity contribution in [2.24, 2.45) is 5.92 Å². The van der Waals surface area contributed by atoms with Crippen molar-refractivity contribution in [1.29, 1.82) is 0 Å². The molecule has 0 bridgehead atoms. The molecule has 0 radical (unpaired) electrons. The Morgan fingerprint density at radius 3 is 2.50 bits per heavy atom. The average molecular weight is 356 g/mol. The van der Waals surface area contributed by atoms with Gasteiger partial charge in [0.15, 0.2) is 6.61 Å². The van der Waals surface area contributed by atoms with Crippen LogP contribution >= 0.6 is 0 Å². The molecule has 132 valence electrons. The number of benzene rings is 1. The molecule has 2 rings (SSSR count). The number of rotatable bonds is 7. The van der Waals surface area contributed by atoms with E-state index in [4.69, 9.17) is 9.47 Å². The lowest BCUT2D eigenvalue weighted by Gasteiger charge is -2.16. The topological polar surface area (TPSA) is 102 Å². The first-order valence-electron chi connectivity index (χ1n) is 7.32. The molecule has 1 aliphatic carbocycles. The average Bonchev–Trinajstić information content (AvgIpc) is 3.37. The number of nitrogens with zero attached hydrogens (tertiary/aromatic N) is 1. The highest BCUT2D eigenvalue weighted by Crippen LogP contribution is 2.30. The van der Waals surface area contributed by atoms with Crippen LogP contribution in [-0.4, -0.2) is 52.4 Å². The maximum atomic E-state index is 12.3. The smallest absolute Gasteiger partial charge is 0.309 e. The number of hydrogen-bond acceptors (Lipinski definition) is 6. The Balaban J connectivity index is 2.10. The van der Waals surface area contributed by atoms with Crippen molar-refractivity contribution in [2.75, 3.05) is 33.1 Å². The summed E-state index contributed by atoms with van der Waals surface area (Å²) in [6.07, 6.45) is 1.59. The first-order valence-corrected chi connectivity index (χ1v) is 8.76. The zero-order chi connectivity index (χ0) is 17.9. The fraction of sp³-hybridized carbons (Fsp3) is 0.467. The third-order valence-electron chi connectivity index (χ3n) is 3.46. The second kappa shape index (κ2) is 7.18. The predicted molar refractivity (Wildman–Crippen MR) is 86.2 cm³/mol. The summed E-state index contributed by atoms with van der Waals surface area (Å²) in [6, 6.07) is 4.26. The molecule has 0 heterocycles. The number of methoxy groups -OCH3 is 1. The minimum absolute atomic E-state index is 0.0669. The van der Waals surface area contributed by atoms with Crippen molar-refractivity contribution in [3.05, 3.63) is 18.2 Å². The van der Waals surface area contributed by atoms with Gasteiger partial charge in [-0.05, 0) is 31.0 Å². The number of carbonyl (C=O) groups is 2. The van der Waals surface area contributed by atoms with E-state index < -0.39 is 22.5 Å². The van der Waals surface area contributed by atoms with Gasteiger partial charge in [-0.3, -0.25) is 9.59 Å². The molecule has 1 amide bonds. The van der Waals surface area contributed by atoms with Gasteiger partial charge in [-0.1, -0.05) is 0 Å². The highest BCUT2D eigenvalue weighted by atomic mass is 32.2. The van der Waals surface area contributed by atoms with Crippen LogP contribution in [0.5, 0.6) is 5.75 Å². The largest absolute Gasteiger partial charge is 0.495 e. The van der Waals surface area contributed by atoms with Crippen LogP contribution in [0.15, 0.2) is 23.1 Å². The minimum Gasteiger partial charge on any atom is -0.495 e. The summed E-state index contributed by atoms with van der Waals surface area (Å²) < 4.78 is 35.6. The predicted octanol–water partition coefficient (Wildman–Crippen LogP) is 0.837. The molecule has 0 spiro atoms. The van der Waals surface area contributed by atoms with E-state index in [-0.39, 0.29) is 28.2 Å². The second-order valence-corrected chi connectivity index (χ2v) is 7.70. The molecular weight excluding hydrogens is 336 g/mol. The molecule has 8 nitrogen and oxygen atoms in total. The Hall–Kier alpha value is -2.13. The van der Waals surface area contributed by atoms with Crippen LogP contribution in [-0.2, 0) is 24.3 Å². The summed E-state index contributed by atoms with van der Waals surface area (Å²) in [5, 5.41) is 2.50. The third kappa shape index (κ3) is 4.24. The summed E-state index contributed by atoms with van der Waals surface area (Å²) >= 11 is 0. The molecular formula is C15H20N2O6S. The van der Waals surface area contributed by atoms with Gasteiger partial charge in [0.2, 0.25) is 10.0 Å². The minimum atomic E-state index is -3.73. The number of amides is 1. The van der Waals surface area contributed by atoms with Gasteiger partial charge < -0.3 is 14.8 Å². The van der Waals surface area contributed by atoms with Crippen LogP contribution in [0.4, 0.5) is 5.69 Å². The standard InChI is InChI=1S/C15H20N2O6S/c1-17(2)24(20,21)13-8-11(6-7-12(13)22-3)16-14(18)9-23-15(19)10-4-5-10/h6-8,10H,4-5,9H2,1-3H3,(H,16,18). The van der Waals surface area contributed by atoms with E-state index in [1.807, 2.05) is 0 Å². The molecule has 1 aromatic carbocycles. The molecule has 9 heteroatoms. The molecule has 0 atom stereocenters. The lowest BCUT2D eigenvalue weighted by atomic mass is 10.3. The van der Waals surface area contributed by atoms with Gasteiger partial charge >= 0.3 is 5.97 Å². The van der Waals surface area contributed by atoms with E-state index in [1.165, 1.54) is 39.4 Å². The summed E-state index contributed by atoms with van der Waals surface area (Å²) in [7, 11) is 0.426. The summed E-state index contributed by atoms with van der Waals surface area (Å²) in [6.45, 7) is -0.406. The lowest BCUT2D eigenvalue weighted by Crippen LogP contribution is -2.24. The van der Waals surface area contributed by atoms with Gasteiger partial charge in [-0.2, -0.15) is 0 Å². The molecule has 0 aliphatic heterocycles. The number of sulfonamides is 1. The van der Waals surface area contributed by atoms with E-state index in [2.05, 4.69) is 5.32 Å². The van der Waals surface area contributed by atoms with Gasteiger partial charge in [0.1, 0.15) is 10.6 Å². The fourth-order valence-electron chi connectivity index (χ4n) is 1.92. The highest BCUT2D eigenvalue weighted by Gasteiger charge is 2.31. The maximum Gasteiger partial charge on any atom is 0.309 e. The molecule has 0 saturated heterocycles. The van der Waals surface area contributed by atoms with E-state index in [0.29, 0.717) is 0 Å². The Morgan fingerprint density at radius 2 is 1.96 bits per heavy atom. The van der Waals surface area contributed by atoms with Gasteiger partial charge in [0.05, 0.1) is 13.0 Å². The van der Waals surface area contributed by atoms with E-state index in [0.717, 1.165) is 17.1 Å². The zero-order valence-corrected chi connectivity index (χ0v) is 14.6. The molecule has 1 aromatic rings. The number of nitrogens with one attached hydrogen (secondary N) is 1. The number of carbonyl (C=O) groups excluding carboxylic acids is 2. The third-order valence-corrected chi connectivity index (χ3v) is 5.30. The Bertz CT molecular complexity index is 740. The van der Waals surface area contributed by atoms with Crippen molar-refractivity contribution < 1.29 is 27.5 Å². The molecule has 1 N–H and O–H groups in total. The molecule has 24 heavy (non-hydrogen) atoms. The normalized spacial score (nSPS) is 14.3. The number of esters is 1. The fourth-order valence-corrected chi connectivity index (χ4v) is 3.00. The van der Waals surface area contributed by atoms with Crippen molar-refractivity contribution >= 4 is 27.6 Å². The molecule has 1 fully saturated rings. The highest BCUT2D eigenvalue weighted by molar-refractivity contribution is 7.89. The van der Waals surface area contributed by atoms with Crippen molar-refractivity contribution in [1.82, 2.24) is 4.31 Å². The SMILES string of the molecule is COc1ccc(NC(=O)COC(=O)C2CC2)cc1S(=O)(=O)N(C)C. The Labute approximate surface area is 140 Å². The van der Waals surface area contributed by atoms with Crippen molar-refractivity contribution in [3.63, 3.8) is 0 Å². The number of ether oxygens (including phenoxy) is 2. The summed E-state index contributed by atoms with van der Waals surface area (Å²) in [5.41, 5.74) is 0.267. The molecule has 1 saturated carbocycles. The van der Waals surface area contributed by atoms with Crippen LogP contribution in [0.25, 0.3) is 0 Å². The van der Waals surface area contributed by atoms with Gasteiger partial charge in [0.25, 0.3) is 5.91 Å². The van der Waals surface area contributed by atoms with E-state index in [9.17, 15) is 18.0 Å². The van der Waals surface area contributed by atoms with Crippen LogP contribution in [0.1, 0.15) is 12.8 Å². The molecule has 0 aromatic heterocycles. The van der Waals surface area contributed by atoms with Crippen LogP contribution < -0.4 is 10.1 Å². The van der Waals surface area contributed by atoms with Gasteiger partial charge in [-0.25, -0.2) is 12.7 Å². The summed E-state index contributed by atoms with van der Waals surface area (Å²) in [4.78, 5) is 23.2. The Kier molecular flexibility index (Phi) is 5.45. The van der Waals surface area contributed by atoms with Crippen LogP contribution in [0.3, 0.4) is 0 Å². The quantitative estimate of drug-likeness (QED) is 0.726. The number of hydrogen-bond donors (Lipinski definition) is 1. The first-order chi connectivity index (χ1) is 11.3. The summed E-state index contributed by atoms with van der Waals surface area (Å²) in [5.74, 6) is -0.837. The zero-order valence-electron chi connectivity index (χ0n) is 13.7. The monoisotopic (exact) mass is 356 g/mol. The van der Waals surface area contributed by atoms with Crippen LogP contribution in [0.2, 0.25) is 0 Å². The molecule has 0 unspecified atom stereocenters. The van der Waals surface area contributed by atoms with E-state index in [1.54, 1.807) is 0 Å². The van der Waals surface area contributed by atoms with Crippen molar-refractivity contribution in [3.8, 4) is 5.75 Å². The van der Waals surface area contributed by atoms with Gasteiger partial charge in [-0.15, -0.1) is 0 Å². The van der Waals surface area contributed by atoms with Gasteiger partial charge in [0, 0.05) is 19.8 Å². The second-order valence-electron chi connectivity index (χ2n) is 5.58. The first kappa shape index (κ1) is 18.2. The lowest BCUT2D eigenvalue weighted by molar-refractivity contribution is -0.148. The Morgan fingerprint density at radius 1 is 1.29 bits per heavy atom.